The number of ether oxygens (including phenoxy) is 2. The number of nitrogens with one attached hydrogen (secondary N) is 1. The van der Waals surface area contributed by atoms with Crippen LogP contribution in [0.15, 0.2) is 61.3 Å². The van der Waals surface area contributed by atoms with Gasteiger partial charge in [0.15, 0.2) is 5.54 Å². The zero-order chi connectivity index (χ0) is 33.3. The van der Waals surface area contributed by atoms with Gasteiger partial charge in [0.25, 0.3) is 0 Å². The third kappa shape index (κ3) is 7.04. The Labute approximate surface area is 278 Å². The molecule has 1 aromatic heterocycles. The number of rotatable bonds is 7. The molecule has 2 fully saturated rings. The number of hydrogen-bond donors (Lipinski definition) is 1. The molecule has 248 valence electrons. The van der Waals surface area contributed by atoms with Crippen LogP contribution in [0, 0.1) is 11.8 Å². The van der Waals surface area contributed by atoms with Crippen LogP contribution in [0.25, 0.3) is 10.9 Å². The Bertz CT molecular complexity index is 1550. The second-order valence-electron chi connectivity index (χ2n) is 15.1. The summed E-state index contributed by atoms with van der Waals surface area (Å²) in [7, 11) is 0. The molecule has 1 amide bonds. The Morgan fingerprint density at radius 2 is 1.72 bits per heavy atom. The first-order valence-electron chi connectivity index (χ1n) is 16.5. The molecule has 9 heteroatoms. The van der Waals surface area contributed by atoms with E-state index >= 15 is 0 Å². The van der Waals surface area contributed by atoms with Crippen LogP contribution in [0.2, 0.25) is 5.02 Å². The molecule has 0 bridgehead atoms. The van der Waals surface area contributed by atoms with Crippen molar-refractivity contribution in [3.8, 4) is 0 Å². The van der Waals surface area contributed by atoms with Gasteiger partial charge in [-0.1, -0.05) is 42.4 Å². The molecule has 3 heterocycles. The molecule has 2 saturated heterocycles. The van der Waals surface area contributed by atoms with Crippen molar-refractivity contribution in [2.45, 2.75) is 90.5 Å². The number of H-pyrrole nitrogens is 1. The number of nitrogens with zero attached hydrogens (tertiary/aromatic N) is 3. The summed E-state index contributed by atoms with van der Waals surface area (Å²) >= 11 is 6.31. The molecule has 3 aromatic rings. The molecular weight excluding hydrogens is 600 g/mol. The highest BCUT2D eigenvalue weighted by molar-refractivity contribution is 6.30. The monoisotopic (exact) mass is 649 g/mol. The van der Waals surface area contributed by atoms with E-state index in [0.29, 0.717) is 24.0 Å². The van der Waals surface area contributed by atoms with Crippen LogP contribution in [-0.2, 0) is 26.4 Å². The van der Waals surface area contributed by atoms with Gasteiger partial charge >= 0.3 is 12.1 Å². The Kier molecular flexibility index (Phi) is 9.74. The van der Waals surface area contributed by atoms with E-state index in [1.807, 2.05) is 78.1 Å². The van der Waals surface area contributed by atoms with Gasteiger partial charge in [0.2, 0.25) is 0 Å². The summed E-state index contributed by atoms with van der Waals surface area (Å²) in [5.41, 5.74) is 0.977. The maximum atomic E-state index is 14.9. The first-order valence-corrected chi connectivity index (χ1v) is 16.9. The molecule has 8 nitrogen and oxygen atoms in total. The van der Waals surface area contributed by atoms with Crippen LogP contribution in [0.3, 0.4) is 0 Å². The number of likely N-dealkylation sites (tertiary alicyclic amines) is 2. The van der Waals surface area contributed by atoms with Gasteiger partial charge in [0.1, 0.15) is 17.7 Å². The maximum absolute atomic E-state index is 14.9. The SMILES string of the molecule is C=CC1(c2ccc3cn[nH]c3c2)C(C2CCN(CC(=O)OC(C)(C)C)CC2)CCC[N+]1(Cc1ccc(Cl)cc1)C(=O)OC(C)(C)C. The van der Waals surface area contributed by atoms with E-state index in [0.717, 1.165) is 60.8 Å². The van der Waals surface area contributed by atoms with E-state index in [1.165, 1.54) is 0 Å². The van der Waals surface area contributed by atoms with E-state index in [9.17, 15) is 9.59 Å². The number of fused-ring (bicyclic) bond motifs is 1. The fourth-order valence-corrected chi connectivity index (χ4v) is 7.95. The van der Waals surface area contributed by atoms with E-state index < -0.39 is 16.7 Å². The Morgan fingerprint density at radius 1 is 1.04 bits per heavy atom. The summed E-state index contributed by atoms with van der Waals surface area (Å²) in [6.45, 7) is 18.9. The number of esters is 1. The standard InChI is InChI=1S/C37H50ClN4O4/c1-8-37(29-14-13-28-23-39-40-32(28)22-29)31(27-17-19-41(20-18-27)24-33(43)45-35(2,3)4)10-9-21-42(37,34(44)46-36(5,6)7)25-26-11-15-30(38)16-12-26/h8,11-16,22-23,27,31H,1,9-10,17-21,24-25H2,2-7H3,(H,39,40)/q+1. The van der Waals surface area contributed by atoms with Gasteiger partial charge in [-0.05, 0) is 111 Å². The highest BCUT2D eigenvalue weighted by atomic mass is 35.5. The van der Waals surface area contributed by atoms with Crippen molar-refractivity contribution < 1.29 is 23.5 Å². The van der Waals surface area contributed by atoms with Crippen molar-refractivity contribution in [3.05, 3.63) is 77.5 Å². The van der Waals surface area contributed by atoms with Gasteiger partial charge in [-0.2, -0.15) is 9.89 Å². The highest BCUT2D eigenvalue weighted by Gasteiger charge is 2.64. The predicted octanol–water partition coefficient (Wildman–Crippen LogP) is 8.01. The maximum Gasteiger partial charge on any atom is 0.517 e. The summed E-state index contributed by atoms with van der Waals surface area (Å²) < 4.78 is 12.0. The first-order chi connectivity index (χ1) is 21.7. The fraction of sp³-hybridized carbons (Fsp3) is 0.541. The topological polar surface area (TPSA) is 84.5 Å². The Balaban J connectivity index is 1.60. The van der Waals surface area contributed by atoms with Crippen molar-refractivity contribution in [1.82, 2.24) is 15.1 Å². The lowest BCUT2D eigenvalue weighted by molar-refractivity contribution is -0.934. The van der Waals surface area contributed by atoms with E-state index in [4.69, 9.17) is 21.1 Å². The molecule has 5 rings (SSSR count). The summed E-state index contributed by atoms with van der Waals surface area (Å²) in [6.07, 6.45) is 7.25. The lowest BCUT2D eigenvalue weighted by Crippen LogP contribution is -2.71. The molecule has 3 atom stereocenters. The van der Waals surface area contributed by atoms with Gasteiger partial charge in [-0.25, -0.2) is 4.48 Å². The van der Waals surface area contributed by atoms with Gasteiger partial charge in [0.05, 0.1) is 24.8 Å². The Morgan fingerprint density at radius 3 is 2.35 bits per heavy atom. The molecule has 2 aromatic carbocycles. The van der Waals surface area contributed by atoms with Crippen molar-refractivity contribution >= 4 is 34.6 Å². The number of halogens is 1. The van der Waals surface area contributed by atoms with Crippen molar-refractivity contribution in [2.24, 2.45) is 11.8 Å². The summed E-state index contributed by atoms with van der Waals surface area (Å²) in [6, 6.07) is 14.2. The molecule has 3 unspecified atom stereocenters. The van der Waals surface area contributed by atoms with E-state index in [2.05, 4.69) is 39.9 Å². The van der Waals surface area contributed by atoms with E-state index in [-0.39, 0.29) is 29.0 Å². The molecule has 0 saturated carbocycles. The summed E-state index contributed by atoms with van der Waals surface area (Å²) in [4.78, 5) is 29.7. The lowest BCUT2D eigenvalue weighted by Gasteiger charge is -2.58. The molecule has 0 aliphatic carbocycles. The van der Waals surface area contributed by atoms with Crippen molar-refractivity contribution in [2.75, 3.05) is 26.2 Å². The average molecular weight is 650 g/mol. The third-order valence-electron chi connectivity index (χ3n) is 9.63. The normalized spacial score (nSPS) is 24.9. The van der Waals surface area contributed by atoms with Crippen LogP contribution in [-0.4, -0.2) is 69.0 Å². The molecule has 0 spiro atoms. The zero-order valence-corrected chi connectivity index (χ0v) is 29.0. The van der Waals surface area contributed by atoms with Gasteiger partial charge < -0.3 is 9.47 Å². The predicted molar refractivity (Wildman–Crippen MR) is 182 cm³/mol. The number of piperidine rings is 2. The zero-order valence-electron chi connectivity index (χ0n) is 28.3. The fourth-order valence-electron chi connectivity index (χ4n) is 7.83. The van der Waals surface area contributed by atoms with Crippen LogP contribution >= 0.6 is 11.6 Å². The highest BCUT2D eigenvalue weighted by Crippen LogP contribution is 2.55. The van der Waals surface area contributed by atoms with Gasteiger partial charge in [0, 0.05) is 27.5 Å². The lowest BCUT2D eigenvalue weighted by atomic mass is 9.62. The first kappa shape index (κ1) is 34.1. The van der Waals surface area contributed by atoms with Gasteiger partial charge in [-0.3, -0.25) is 14.8 Å². The smallest absolute Gasteiger partial charge is 0.459 e. The van der Waals surface area contributed by atoms with Crippen LogP contribution < -0.4 is 0 Å². The van der Waals surface area contributed by atoms with Gasteiger partial charge in [-0.15, -0.1) is 0 Å². The molecule has 46 heavy (non-hydrogen) atoms. The minimum Gasteiger partial charge on any atom is -0.459 e. The number of quaternary nitrogens is 1. The quantitative estimate of drug-likeness (QED) is 0.159. The minimum atomic E-state index is -0.794. The number of amides is 1. The summed E-state index contributed by atoms with van der Waals surface area (Å²) in [5.74, 6) is 0.207. The number of benzene rings is 2. The third-order valence-corrected chi connectivity index (χ3v) is 9.88. The number of carbonyl (C=O) groups is 2. The molecular formula is C37H50ClN4O4+. The van der Waals surface area contributed by atoms with Crippen LogP contribution in [0.4, 0.5) is 4.79 Å². The number of hydrogen-bond acceptors (Lipinski definition) is 6. The van der Waals surface area contributed by atoms with E-state index in [1.54, 1.807) is 0 Å². The van der Waals surface area contributed by atoms with Crippen LogP contribution in [0.5, 0.6) is 0 Å². The number of aromatic nitrogens is 2. The van der Waals surface area contributed by atoms with Crippen molar-refractivity contribution in [3.63, 3.8) is 0 Å². The largest absolute Gasteiger partial charge is 0.517 e. The minimum absolute atomic E-state index is 0.0673. The Hall–Kier alpha value is -3.20. The number of carbonyl (C=O) groups excluding carboxylic acids is 2. The molecule has 0 radical (unpaired) electrons. The second-order valence-corrected chi connectivity index (χ2v) is 15.5. The molecule has 2 aliphatic rings. The van der Waals surface area contributed by atoms with Crippen molar-refractivity contribution in [1.29, 1.82) is 0 Å². The molecule has 2 aliphatic heterocycles. The average Bonchev–Trinajstić information content (AvgIpc) is 3.45. The number of aromatic amines is 1. The van der Waals surface area contributed by atoms with Crippen LogP contribution in [0.1, 0.15) is 78.4 Å². The molecule has 1 N–H and O–H groups in total. The summed E-state index contributed by atoms with van der Waals surface area (Å²) in [5, 5.41) is 9.11. The second kappa shape index (κ2) is 13.1.